The number of benzene rings is 2. The number of rotatable bonds is 5. The Kier molecular flexibility index (Phi) is 5.43. The Morgan fingerprint density at radius 3 is 2.53 bits per heavy atom. The number of nitrogens with zero attached hydrogens (tertiary/aromatic N) is 3. The molecule has 0 saturated heterocycles. The Bertz CT molecular complexity index is 1240. The molecule has 32 heavy (non-hydrogen) atoms. The highest BCUT2D eigenvalue weighted by atomic mass is 32.1. The van der Waals surface area contributed by atoms with Gasteiger partial charge in [-0.25, -0.2) is 4.98 Å². The van der Waals surface area contributed by atoms with E-state index in [0.717, 1.165) is 39.6 Å². The van der Waals surface area contributed by atoms with Gasteiger partial charge in [-0.15, -0.1) is 0 Å². The summed E-state index contributed by atoms with van der Waals surface area (Å²) in [5.41, 5.74) is 5.23. The quantitative estimate of drug-likeness (QED) is 0.426. The number of ether oxygens (including phenoxy) is 1. The van der Waals surface area contributed by atoms with Gasteiger partial charge in [0.05, 0.1) is 22.0 Å². The van der Waals surface area contributed by atoms with Crippen molar-refractivity contribution in [3.63, 3.8) is 0 Å². The van der Waals surface area contributed by atoms with Crippen LogP contribution in [0.5, 0.6) is 5.75 Å². The molecular weight excluding hydrogens is 420 g/mol. The first kappa shape index (κ1) is 20.7. The Labute approximate surface area is 191 Å². The molecule has 0 spiro atoms. The van der Waals surface area contributed by atoms with Crippen LogP contribution in [-0.2, 0) is 12.8 Å². The van der Waals surface area contributed by atoms with Crippen LogP contribution in [0.25, 0.3) is 15.3 Å². The summed E-state index contributed by atoms with van der Waals surface area (Å²) in [6, 6.07) is 13.5. The van der Waals surface area contributed by atoms with E-state index in [1.807, 2.05) is 39.0 Å². The van der Waals surface area contributed by atoms with Gasteiger partial charge in [0.15, 0.2) is 0 Å². The second-order valence-electron chi connectivity index (χ2n) is 8.52. The summed E-state index contributed by atoms with van der Waals surface area (Å²) in [5.74, 6) is 1.16. The molecular formula is C25H26N4O2S. The number of anilines is 1. The zero-order chi connectivity index (χ0) is 22.2. The van der Waals surface area contributed by atoms with E-state index >= 15 is 0 Å². The third kappa shape index (κ3) is 4.12. The summed E-state index contributed by atoms with van der Waals surface area (Å²) in [6.07, 6.45) is 4.85. The molecule has 1 amide bonds. The van der Waals surface area contributed by atoms with Crippen molar-refractivity contribution in [2.24, 2.45) is 0 Å². The molecule has 2 aromatic heterocycles. The van der Waals surface area contributed by atoms with Crippen LogP contribution in [0.2, 0.25) is 0 Å². The second-order valence-corrected chi connectivity index (χ2v) is 9.53. The van der Waals surface area contributed by atoms with Crippen LogP contribution >= 0.6 is 11.3 Å². The van der Waals surface area contributed by atoms with Crippen LogP contribution < -0.4 is 10.1 Å². The first-order chi connectivity index (χ1) is 15.5. The Balaban J connectivity index is 1.42. The maximum absolute atomic E-state index is 12.9. The van der Waals surface area contributed by atoms with Crippen LogP contribution in [0, 0.1) is 6.92 Å². The van der Waals surface area contributed by atoms with Gasteiger partial charge in [0.25, 0.3) is 5.91 Å². The smallest absolute Gasteiger partial charge is 0.256 e. The van der Waals surface area contributed by atoms with Crippen molar-refractivity contribution in [2.75, 3.05) is 5.32 Å². The summed E-state index contributed by atoms with van der Waals surface area (Å²) >= 11 is 1.60. The fraction of sp³-hybridized carbons (Fsp3) is 0.320. The van der Waals surface area contributed by atoms with Crippen LogP contribution in [-0.4, -0.2) is 26.8 Å². The van der Waals surface area contributed by atoms with Crippen molar-refractivity contribution in [3.8, 4) is 10.9 Å². The lowest BCUT2D eigenvalue weighted by atomic mass is 9.92. The predicted octanol–water partition coefficient (Wildman–Crippen LogP) is 5.71. The number of aromatic nitrogens is 3. The molecule has 164 valence electrons. The number of hydrogen-bond donors (Lipinski definition) is 1. The molecule has 1 aliphatic carbocycles. The zero-order valence-corrected chi connectivity index (χ0v) is 19.3. The Hall–Kier alpha value is -3.19. The average Bonchev–Trinajstić information content (AvgIpc) is 3.34. The van der Waals surface area contributed by atoms with Gasteiger partial charge >= 0.3 is 0 Å². The van der Waals surface area contributed by atoms with Crippen molar-refractivity contribution >= 4 is 33.3 Å². The van der Waals surface area contributed by atoms with Gasteiger partial charge in [-0.2, -0.15) is 9.78 Å². The van der Waals surface area contributed by atoms with Gasteiger partial charge in [0.1, 0.15) is 11.6 Å². The van der Waals surface area contributed by atoms with E-state index in [2.05, 4.69) is 22.5 Å². The van der Waals surface area contributed by atoms with E-state index in [1.165, 1.54) is 24.0 Å². The van der Waals surface area contributed by atoms with E-state index in [-0.39, 0.29) is 12.0 Å². The van der Waals surface area contributed by atoms with E-state index in [9.17, 15) is 4.79 Å². The highest BCUT2D eigenvalue weighted by Gasteiger charge is 2.18. The maximum Gasteiger partial charge on any atom is 0.256 e. The molecule has 6 nitrogen and oxygen atoms in total. The molecule has 0 fully saturated rings. The molecule has 1 N–H and O–H groups in total. The molecule has 0 unspecified atom stereocenters. The van der Waals surface area contributed by atoms with Gasteiger partial charge in [0.2, 0.25) is 5.13 Å². The molecule has 7 heteroatoms. The highest BCUT2D eigenvalue weighted by molar-refractivity contribution is 7.20. The van der Waals surface area contributed by atoms with Crippen LogP contribution in [0.1, 0.15) is 53.9 Å². The lowest BCUT2D eigenvalue weighted by molar-refractivity contribution is 0.102. The molecule has 0 atom stereocenters. The fourth-order valence-electron chi connectivity index (χ4n) is 4.11. The fourth-order valence-corrected chi connectivity index (χ4v) is 5.09. The summed E-state index contributed by atoms with van der Waals surface area (Å²) in [7, 11) is 0. The number of fused-ring (bicyclic) bond motifs is 2. The first-order valence-electron chi connectivity index (χ1n) is 11.0. The maximum atomic E-state index is 12.9. The van der Waals surface area contributed by atoms with E-state index in [0.29, 0.717) is 11.4 Å². The Morgan fingerprint density at radius 2 is 1.81 bits per heavy atom. The molecule has 0 radical (unpaired) electrons. The lowest BCUT2D eigenvalue weighted by Crippen LogP contribution is -2.15. The van der Waals surface area contributed by atoms with Crippen molar-refractivity contribution < 1.29 is 9.53 Å². The van der Waals surface area contributed by atoms with Crippen LogP contribution in [0.3, 0.4) is 0 Å². The number of hydrogen-bond acceptors (Lipinski definition) is 5. The van der Waals surface area contributed by atoms with Gasteiger partial charge in [-0.05, 0) is 94.0 Å². The third-order valence-electron chi connectivity index (χ3n) is 5.58. The molecule has 0 aliphatic heterocycles. The van der Waals surface area contributed by atoms with E-state index in [4.69, 9.17) is 9.72 Å². The topological polar surface area (TPSA) is 69.0 Å². The van der Waals surface area contributed by atoms with Gasteiger partial charge in [-0.1, -0.05) is 11.3 Å². The summed E-state index contributed by atoms with van der Waals surface area (Å²) in [4.78, 5) is 17.7. The third-order valence-corrected chi connectivity index (χ3v) is 6.58. The minimum atomic E-state index is -0.196. The molecule has 0 saturated carbocycles. The zero-order valence-electron chi connectivity index (χ0n) is 18.5. The molecule has 5 rings (SSSR count). The first-order valence-corrected chi connectivity index (χ1v) is 11.9. The lowest BCUT2D eigenvalue weighted by Gasteiger charge is -2.14. The Morgan fingerprint density at radius 1 is 1.09 bits per heavy atom. The van der Waals surface area contributed by atoms with Crippen molar-refractivity contribution in [1.82, 2.24) is 14.8 Å². The van der Waals surface area contributed by atoms with Gasteiger partial charge in [-0.3, -0.25) is 4.79 Å². The monoisotopic (exact) mass is 446 g/mol. The SMILES string of the molecule is Cc1cc(NC(=O)c2ccc(OC(C)C)cc2)n(-c2nc3cc4c(cc3s2)CCCC4)n1. The van der Waals surface area contributed by atoms with Crippen LogP contribution in [0.4, 0.5) is 5.82 Å². The average molecular weight is 447 g/mol. The number of aryl methyl sites for hydroxylation is 3. The molecule has 2 aromatic carbocycles. The number of carbonyl (C=O) groups is 1. The highest BCUT2D eigenvalue weighted by Crippen LogP contribution is 2.32. The molecule has 4 aromatic rings. The number of nitrogens with one attached hydrogen (secondary N) is 1. The van der Waals surface area contributed by atoms with Crippen molar-refractivity contribution in [3.05, 3.63) is 64.8 Å². The number of thiazole rings is 1. The largest absolute Gasteiger partial charge is 0.491 e. The summed E-state index contributed by atoms with van der Waals surface area (Å²) < 4.78 is 8.55. The predicted molar refractivity (Wildman–Crippen MR) is 128 cm³/mol. The summed E-state index contributed by atoms with van der Waals surface area (Å²) in [5, 5.41) is 8.35. The van der Waals surface area contributed by atoms with E-state index < -0.39 is 0 Å². The van der Waals surface area contributed by atoms with Crippen molar-refractivity contribution in [2.45, 2.75) is 52.6 Å². The summed E-state index contributed by atoms with van der Waals surface area (Å²) in [6.45, 7) is 5.86. The van der Waals surface area contributed by atoms with Gasteiger partial charge in [0, 0.05) is 11.6 Å². The minimum absolute atomic E-state index is 0.0892. The normalized spacial score (nSPS) is 13.4. The number of amides is 1. The molecule has 1 aliphatic rings. The standard InChI is InChI=1S/C25H26N4O2S/c1-15(2)31-20-10-8-17(9-11-20)24(30)27-23-12-16(3)28-29(23)25-26-21-13-18-6-4-5-7-19(18)14-22(21)32-25/h8-15H,4-7H2,1-3H3,(H,27,30). The van der Waals surface area contributed by atoms with Crippen molar-refractivity contribution in [1.29, 1.82) is 0 Å². The molecule has 0 bridgehead atoms. The van der Waals surface area contributed by atoms with Gasteiger partial charge < -0.3 is 10.1 Å². The van der Waals surface area contributed by atoms with E-state index in [1.54, 1.807) is 28.2 Å². The second kappa shape index (κ2) is 8.39. The van der Waals surface area contributed by atoms with Crippen LogP contribution in [0.15, 0.2) is 42.5 Å². The minimum Gasteiger partial charge on any atom is -0.491 e. The molecule has 2 heterocycles. The number of carbonyl (C=O) groups excluding carboxylic acids is 1.